The van der Waals surface area contributed by atoms with Crippen LogP contribution in [0.5, 0.6) is 5.75 Å². The number of aryl methyl sites for hydroxylation is 1. The normalized spacial score (nSPS) is 14.9. The molecule has 3 aromatic rings. The highest BCUT2D eigenvalue weighted by Crippen LogP contribution is 2.32. The predicted octanol–water partition coefficient (Wildman–Crippen LogP) is 6.49. The van der Waals surface area contributed by atoms with Crippen LogP contribution in [-0.4, -0.2) is 45.6 Å². The topological polar surface area (TPSA) is 106 Å². The van der Waals surface area contributed by atoms with Gasteiger partial charge in [-0.1, -0.05) is 31.0 Å². The molecule has 0 fully saturated rings. The van der Waals surface area contributed by atoms with E-state index in [-0.39, 0.29) is 4.90 Å². The number of ether oxygens (including phenoxy) is 3. The number of hydrogen-bond donors (Lipinski definition) is 3. The molecule has 1 atom stereocenters. The average Bonchev–Trinajstić information content (AvgIpc) is 3.00. The van der Waals surface area contributed by atoms with Crippen LogP contribution in [0.3, 0.4) is 0 Å². The number of sulfonamides is 1. The van der Waals surface area contributed by atoms with Gasteiger partial charge in [-0.25, -0.2) is 12.8 Å². The number of unbranched alkanes of at least 4 members (excludes halogenated alkanes) is 4. The summed E-state index contributed by atoms with van der Waals surface area (Å²) in [4.78, 5) is 0.187. The van der Waals surface area contributed by atoms with Crippen molar-refractivity contribution < 1.29 is 32.1 Å². The Morgan fingerprint density at radius 3 is 2.50 bits per heavy atom. The van der Waals surface area contributed by atoms with E-state index in [1.54, 1.807) is 18.2 Å². The maximum absolute atomic E-state index is 13.1. The maximum Gasteiger partial charge on any atom is 0.261 e. The van der Waals surface area contributed by atoms with Crippen LogP contribution < -0.4 is 14.8 Å². The van der Waals surface area contributed by atoms with Gasteiger partial charge in [0.1, 0.15) is 11.6 Å². The maximum atomic E-state index is 13.1. The molecule has 0 aromatic heterocycles. The molecule has 3 aromatic carbocycles. The van der Waals surface area contributed by atoms with Crippen LogP contribution in [0.25, 0.3) is 0 Å². The van der Waals surface area contributed by atoms with Crippen molar-refractivity contribution in [3.05, 3.63) is 89.2 Å². The number of fused-ring (bicyclic) bond motifs is 1. The summed E-state index contributed by atoms with van der Waals surface area (Å²) < 4.78 is 58.3. The predicted molar refractivity (Wildman–Crippen MR) is 170 cm³/mol. The minimum Gasteiger partial charge on any atom is -0.463 e. The van der Waals surface area contributed by atoms with E-state index in [1.807, 2.05) is 38.1 Å². The van der Waals surface area contributed by atoms with E-state index in [4.69, 9.17) is 14.2 Å². The molecular weight excluding hydrogens is 583 g/mol. The highest BCUT2D eigenvalue weighted by atomic mass is 32.2. The average molecular weight is 629 g/mol. The van der Waals surface area contributed by atoms with Gasteiger partial charge in [0, 0.05) is 44.9 Å². The SMILES string of the molecule is CC1(C)OCc2cc([C@@H](O)CNCCCCCCOCCCCc3cccc(S(=O)(=O)Nc4ccc(F)cc4)c3)ccc2O1. The summed E-state index contributed by atoms with van der Waals surface area (Å²) in [6, 6.07) is 17.9. The second-order valence-corrected chi connectivity index (χ2v) is 13.3. The molecule has 8 nitrogen and oxygen atoms in total. The molecule has 0 amide bonds. The van der Waals surface area contributed by atoms with E-state index < -0.39 is 27.7 Å². The van der Waals surface area contributed by atoms with Gasteiger partial charge in [-0.3, -0.25) is 4.72 Å². The molecule has 1 aliphatic rings. The van der Waals surface area contributed by atoms with E-state index in [0.717, 1.165) is 80.5 Å². The van der Waals surface area contributed by atoms with E-state index in [1.165, 1.54) is 24.3 Å². The fraction of sp³-hybridized carbons (Fsp3) is 0.471. The Balaban J connectivity index is 1.00. The van der Waals surface area contributed by atoms with Gasteiger partial charge in [0.2, 0.25) is 5.79 Å². The minimum absolute atomic E-state index is 0.187. The van der Waals surface area contributed by atoms with Crippen molar-refractivity contribution in [3.8, 4) is 5.75 Å². The fourth-order valence-corrected chi connectivity index (χ4v) is 6.09. The molecule has 240 valence electrons. The van der Waals surface area contributed by atoms with Crippen molar-refractivity contribution in [1.29, 1.82) is 0 Å². The number of nitrogens with one attached hydrogen (secondary N) is 2. The Kier molecular flexibility index (Phi) is 12.6. The molecule has 4 rings (SSSR count). The molecule has 3 N–H and O–H groups in total. The molecule has 0 unspecified atom stereocenters. The summed E-state index contributed by atoms with van der Waals surface area (Å²) in [5.74, 6) is -0.237. The summed E-state index contributed by atoms with van der Waals surface area (Å²) in [5, 5.41) is 13.9. The lowest BCUT2D eigenvalue weighted by Gasteiger charge is -2.33. The summed E-state index contributed by atoms with van der Waals surface area (Å²) in [5.41, 5.74) is 3.08. The van der Waals surface area contributed by atoms with Gasteiger partial charge < -0.3 is 24.6 Å². The number of rotatable bonds is 18. The van der Waals surface area contributed by atoms with Gasteiger partial charge in [-0.2, -0.15) is 0 Å². The van der Waals surface area contributed by atoms with Crippen molar-refractivity contribution in [2.24, 2.45) is 0 Å². The van der Waals surface area contributed by atoms with E-state index in [2.05, 4.69) is 10.0 Å². The van der Waals surface area contributed by atoms with Crippen molar-refractivity contribution in [2.45, 2.75) is 82.2 Å². The minimum atomic E-state index is -3.75. The zero-order valence-electron chi connectivity index (χ0n) is 25.7. The monoisotopic (exact) mass is 628 g/mol. The van der Waals surface area contributed by atoms with Crippen molar-refractivity contribution in [1.82, 2.24) is 5.32 Å². The summed E-state index contributed by atoms with van der Waals surface area (Å²) in [7, 11) is -3.75. The van der Waals surface area contributed by atoms with Crippen LogP contribution >= 0.6 is 0 Å². The van der Waals surface area contributed by atoms with Crippen molar-refractivity contribution >= 4 is 15.7 Å². The number of hydrogen-bond acceptors (Lipinski definition) is 7. The molecule has 44 heavy (non-hydrogen) atoms. The second-order valence-electron chi connectivity index (χ2n) is 11.6. The first-order valence-corrected chi connectivity index (χ1v) is 16.9. The molecule has 0 saturated carbocycles. The Labute approximate surface area is 261 Å². The third kappa shape index (κ3) is 10.9. The lowest BCUT2D eigenvalue weighted by atomic mass is 10.0. The molecule has 0 saturated heterocycles. The molecule has 0 radical (unpaired) electrons. The van der Waals surface area contributed by atoms with Crippen LogP contribution in [0.2, 0.25) is 0 Å². The molecule has 1 aliphatic heterocycles. The molecule has 0 bridgehead atoms. The Morgan fingerprint density at radius 1 is 0.955 bits per heavy atom. The zero-order chi connectivity index (χ0) is 31.4. The summed E-state index contributed by atoms with van der Waals surface area (Å²) in [6.07, 6.45) is 6.24. The lowest BCUT2D eigenvalue weighted by molar-refractivity contribution is -0.180. The third-order valence-corrected chi connectivity index (χ3v) is 8.82. The first-order valence-electron chi connectivity index (χ1n) is 15.4. The first kappa shape index (κ1) is 33.9. The van der Waals surface area contributed by atoms with Gasteiger partial charge in [-0.05, 0) is 98.3 Å². The number of halogens is 1. The standard InChI is InChI=1S/C34H45FN2O6S/c1-34(2)42-25-28-23-27(13-18-33(28)43-34)32(38)24-36-19-6-3-4-7-20-41-21-8-5-10-26-11-9-12-31(22-26)44(39,40)37-30-16-14-29(35)15-17-30/h9,11-18,22-23,32,36-38H,3-8,10,19-21,24-25H2,1-2H3/t32-/m0/s1. The fourth-order valence-electron chi connectivity index (χ4n) is 4.96. The molecular formula is C34H45FN2O6S. The summed E-state index contributed by atoms with van der Waals surface area (Å²) in [6.45, 7) is 7.03. The van der Waals surface area contributed by atoms with Crippen molar-refractivity contribution in [2.75, 3.05) is 31.0 Å². The Bertz CT molecular complexity index is 1430. The molecule has 1 heterocycles. The van der Waals surface area contributed by atoms with Crippen LogP contribution in [0.4, 0.5) is 10.1 Å². The van der Waals surface area contributed by atoms with Crippen molar-refractivity contribution in [3.63, 3.8) is 0 Å². The number of benzene rings is 3. The lowest BCUT2D eigenvalue weighted by Crippen LogP contribution is -2.35. The van der Waals surface area contributed by atoms with E-state index in [9.17, 15) is 17.9 Å². The second kappa shape index (κ2) is 16.3. The number of aliphatic hydroxyl groups is 1. The van der Waals surface area contributed by atoms with Gasteiger partial charge in [0.05, 0.1) is 17.6 Å². The molecule has 0 spiro atoms. The highest BCUT2D eigenvalue weighted by Gasteiger charge is 2.27. The van der Waals surface area contributed by atoms with E-state index >= 15 is 0 Å². The Hall–Kier alpha value is -3.02. The molecule has 0 aliphatic carbocycles. The van der Waals surface area contributed by atoms with Gasteiger partial charge in [0.15, 0.2) is 0 Å². The summed E-state index contributed by atoms with van der Waals surface area (Å²) >= 11 is 0. The third-order valence-electron chi connectivity index (χ3n) is 7.44. The van der Waals surface area contributed by atoms with Gasteiger partial charge in [0.25, 0.3) is 10.0 Å². The van der Waals surface area contributed by atoms with Gasteiger partial charge >= 0.3 is 0 Å². The highest BCUT2D eigenvalue weighted by molar-refractivity contribution is 7.92. The van der Waals surface area contributed by atoms with Crippen LogP contribution in [0.15, 0.2) is 71.6 Å². The van der Waals surface area contributed by atoms with E-state index in [0.29, 0.717) is 25.4 Å². The zero-order valence-corrected chi connectivity index (χ0v) is 26.5. The molecule has 10 heteroatoms. The van der Waals surface area contributed by atoms with Crippen LogP contribution in [-0.2, 0) is 32.5 Å². The van der Waals surface area contributed by atoms with Gasteiger partial charge in [-0.15, -0.1) is 0 Å². The number of anilines is 1. The largest absolute Gasteiger partial charge is 0.463 e. The van der Waals surface area contributed by atoms with Crippen LogP contribution in [0, 0.1) is 5.82 Å². The Morgan fingerprint density at radius 2 is 1.70 bits per heavy atom. The number of aliphatic hydroxyl groups excluding tert-OH is 1. The first-order chi connectivity index (χ1) is 21.1. The smallest absolute Gasteiger partial charge is 0.261 e. The quantitative estimate of drug-likeness (QED) is 0.138. The van der Waals surface area contributed by atoms with Crippen LogP contribution in [0.1, 0.15) is 75.2 Å².